The van der Waals surface area contributed by atoms with Crippen LogP contribution in [0.5, 0.6) is 0 Å². The molecule has 0 aromatic heterocycles. The van der Waals surface area contributed by atoms with Crippen LogP contribution < -0.4 is 0 Å². The van der Waals surface area contributed by atoms with Crippen LogP contribution in [-0.4, -0.2) is 5.75 Å². The molecule has 0 aliphatic heterocycles. The first-order chi connectivity index (χ1) is 3.83. The third-order valence-electron chi connectivity index (χ3n) is 2.50. The van der Waals surface area contributed by atoms with Crippen molar-refractivity contribution in [1.29, 1.82) is 0 Å². The summed E-state index contributed by atoms with van der Waals surface area (Å²) in [7, 11) is 0. The Morgan fingerprint density at radius 1 is 1.50 bits per heavy atom. The molecule has 0 atom stereocenters. The van der Waals surface area contributed by atoms with Gasteiger partial charge >= 0.3 is 0 Å². The quantitative estimate of drug-likeness (QED) is 0.545. The van der Waals surface area contributed by atoms with E-state index >= 15 is 0 Å². The van der Waals surface area contributed by atoms with Gasteiger partial charge in [-0.1, -0.05) is 13.3 Å². The molecule has 0 bridgehead atoms. The van der Waals surface area contributed by atoms with Gasteiger partial charge in [-0.3, -0.25) is 0 Å². The lowest BCUT2D eigenvalue weighted by atomic mass is 9.69. The van der Waals surface area contributed by atoms with Crippen LogP contribution in [0.3, 0.4) is 0 Å². The molecular weight excluding hydrogens is 116 g/mol. The third kappa shape index (κ3) is 0.883. The molecule has 1 aliphatic carbocycles. The summed E-state index contributed by atoms with van der Waals surface area (Å²) in [4.78, 5) is 0. The van der Waals surface area contributed by atoms with Crippen molar-refractivity contribution in [2.24, 2.45) is 5.41 Å². The fourth-order valence-electron chi connectivity index (χ4n) is 1.30. The molecule has 0 nitrogen and oxygen atoms in total. The van der Waals surface area contributed by atoms with Crippen LogP contribution in [0, 0.1) is 5.41 Å². The molecular formula is C7H14S. The van der Waals surface area contributed by atoms with Crippen LogP contribution in [0.2, 0.25) is 0 Å². The maximum absolute atomic E-state index is 4.31. The Bertz CT molecular complexity index is 60.9. The third-order valence-corrected chi connectivity index (χ3v) is 3.17. The molecule has 0 radical (unpaired) electrons. The predicted molar refractivity (Wildman–Crippen MR) is 40.4 cm³/mol. The highest BCUT2D eigenvalue weighted by Gasteiger charge is 2.32. The molecule has 0 unspecified atom stereocenters. The monoisotopic (exact) mass is 130 g/mol. The summed E-state index contributed by atoms with van der Waals surface area (Å²) < 4.78 is 0. The van der Waals surface area contributed by atoms with Gasteiger partial charge in [0.1, 0.15) is 0 Å². The van der Waals surface area contributed by atoms with E-state index in [0.717, 1.165) is 5.75 Å². The van der Waals surface area contributed by atoms with E-state index in [2.05, 4.69) is 19.6 Å². The topological polar surface area (TPSA) is 0 Å². The van der Waals surface area contributed by atoms with Crippen LogP contribution in [0.4, 0.5) is 0 Å². The summed E-state index contributed by atoms with van der Waals surface area (Å²) >= 11 is 4.31. The van der Waals surface area contributed by atoms with Crippen molar-refractivity contribution in [2.45, 2.75) is 32.6 Å². The van der Waals surface area contributed by atoms with Crippen LogP contribution in [-0.2, 0) is 0 Å². The first-order valence-corrected chi connectivity index (χ1v) is 4.07. The van der Waals surface area contributed by atoms with Gasteiger partial charge in [-0.2, -0.15) is 12.6 Å². The van der Waals surface area contributed by atoms with Gasteiger partial charge in [0.25, 0.3) is 0 Å². The van der Waals surface area contributed by atoms with Crippen molar-refractivity contribution in [3.8, 4) is 0 Å². The largest absolute Gasteiger partial charge is 0.179 e. The second-order valence-corrected chi connectivity index (χ2v) is 3.18. The number of rotatable bonds is 2. The molecule has 0 saturated heterocycles. The average Bonchev–Trinajstić information content (AvgIpc) is 1.67. The van der Waals surface area contributed by atoms with Gasteiger partial charge in [-0.15, -0.1) is 0 Å². The van der Waals surface area contributed by atoms with Crippen molar-refractivity contribution in [2.75, 3.05) is 5.75 Å². The molecule has 1 aliphatic rings. The van der Waals surface area contributed by atoms with E-state index in [-0.39, 0.29) is 0 Å². The Balaban J connectivity index is 2.33. The minimum Gasteiger partial charge on any atom is -0.179 e. The standard InChI is InChI=1S/C7H14S/c1-2-7(6-8)4-3-5-7/h8H,2-6H2,1H3. The van der Waals surface area contributed by atoms with Crippen LogP contribution in [0.25, 0.3) is 0 Å². The van der Waals surface area contributed by atoms with Crippen LogP contribution in [0.15, 0.2) is 0 Å². The van der Waals surface area contributed by atoms with E-state index in [1.165, 1.54) is 25.7 Å². The van der Waals surface area contributed by atoms with Gasteiger partial charge < -0.3 is 0 Å². The summed E-state index contributed by atoms with van der Waals surface area (Å²) in [6.45, 7) is 2.27. The molecule has 1 rings (SSSR count). The van der Waals surface area contributed by atoms with E-state index in [4.69, 9.17) is 0 Å². The Kier molecular flexibility index (Phi) is 1.86. The average molecular weight is 130 g/mol. The number of thiol groups is 1. The Labute approximate surface area is 57.1 Å². The van der Waals surface area contributed by atoms with E-state index in [1.54, 1.807) is 0 Å². The zero-order valence-corrected chi connectivity index (χ0v) is 6.38. The molecule has 1 saturated carbocycles. The first-order valence-electron chi connectivity index (χ1n) is 3.44. The van der Waals surface area contributed by atoms with Crippen molar-refractivity contribution < 1.29 is 0 Å². The van der Waals surface area contributed by atoms with Gasteiger partial charge in [0, 0.05) is 0 Å². The lowest BCUT2D eigenvalue weighted by molar-refractivity contribution is 0.162. The fourth-order valence-corrected chi connectivity index (χ4v) is 1.84. The van der Waals surface area contributed by atoms with E-state index in [0.29, 0.717) is 5.41 Å². The lowest BCUT2D eigenvalue weighted by Gasteiger charge is -2.39. The van der Waals surface area contributed by atoms with E-state index in [1.807, 2.05) is 0 Å². The lowest BCUT2D eigenvalue weighted by Crippen LogP contribution is -2.30. The summed E-state index contributed by atoms with van der Waals surface area (Å²) in [5.41, 5.74) is 0.670. The minimum absolute atomic E-state index is 0.670. The van der Waals surface area contributed by atoms with Crippen molar-refractivity contribution >= 4 is 12.6 Å². The Morgan fingerprint density at radius 2 is 2.12 bits per heavy atom. The molecule has 0 aromatic rings. The van der Waals surface area contributed by atoms with Gasteiger partial charge in [-0.25, -0.2) is 0 Å². The highest BCUT2D eigenvalue weighted by Crippen LogP contribution is 2.44. The normalized spacial score (nSPS) is 24.8. The molecule has 1 heteroatoms. The van der Waals surface area contributed by atoms with Crippen molar-refractivity contribution in [1.82, 2.24) is 0 Å². The van der Waals surface area contributed by atoms with E-state index in [9.17, 15) is 0 Å². The smallest absolute Gasteiger partial charge is 0.00413 e. The molecule has 0 aromatic carbocycles. The molecule has 1 fully saturated rings. The Morgan fingerprint density at radius 3 is 2.12 bits per heavy atom. The SMILES string of the molecule is CCC1(CS)CCC1. The number of hydrogen-bond acceptors (Lipinski definition) is 1. The highest BCUT2D eigenvalue weighted by molar-refractivity contribution is 7.80. The van der Waals surface area contributed by atoms with Gasteiger partial charge in [0.05, 0.1) is 0 Å². The van der Waals surface area contributed by atoms with Gasteiger partial charge in [-0.05, 0) is 30.4 Å². The fraction of sp³-hybridized carbons (Fsp3) is 1.00. The minimum atomic E-state index is 0.670. The first kappa shape index (κ1) is 6.47. The number of hydrogen-bond donors (Lipinski definition) is 1. The molecule has 0 amide bonds. The highest BCUT2D eigenvalue weighted by atomic mass is 32.1. The summed E-state index contributed by atoms with van der Waals surface area (Å²) in [6, 6.07) is 0. The summed E-state index contributed by atoms with van der Waals surface area (Å²) in [5.74, 6) is 1.10. The van der Waals surface area contributed by atoms with Crippen LogP contribution in [0.1, 0.15) is 32.6 Å². The molecule has 0 heterocycles. The summed E-state index contributed by atoms with van der Waals surface area (Å²) in [5, 5.41) is 0. The van der Waals surface area contributed by atoms with Crippen molar-refractivity contribution in [3.05, 3.63) is 0 Å². The molecule has 0 N–H and O–H groups in total. The zero-order valence-electron chi connectivity index (χ0n) is 5.48. The van der Waals surface area contributed by atoms with Gasteiger partial charge in [0.15, 0.2) is 0 Å². The van der Waals surface area contributed by atoms with Gasteiger partial charge in [0.2, 0.25) is 0 Å². The zero-order chi connectivity index (χ0) is 6.04. The maximum atomic E-state index is 4.31. The van der Waals surface area contributed by atoms with Crippen molar-refractivity contribution in [3.63, 3.8) is 0 Å². The van der Waals surface area contributed by atoms with E-state index < -0.39 is 0 Å². The predicted octanol–water partition coefficient (Wildman–Crippen LogP) is 2.50. The van der Waals surface area contributed by atoms with Crippen LogP contribution >= 0.6 is 12.6 Å². The summed E-state index contributed by atoms with van der Waals surface area (Å²) in [6.07, 6.45) is 5.62. The second-order valence-electron chi connectivity index (χ2n) is 2.87. The maximum Gasteiger partial charge on any atom is -0.00413 e. The molecule has 8 heavy (non-hydrogen) atoms. The molecule has 0 spiro atoms. The second kappa shape index (κ2) is 2.30. The Hall–Kier alpha value is 0.350. The molecule has 48 valence electrons.